The predicted octanol–water partition coefficient (Wildman–Crippen LogP) is 1.03. The van der Waals surface area contributed by atoms with Crippen LogP contribution in [0.15, 0.2) is 28.9 Å². The van der Waals surface area contributed by atoms with E-state index in [-0.39, 0.29) is 5.69 Å². The Morgan fingerprint density at radius 3 is 3.05 bits per heavy atom. The maximum Gasteiger partial charge on any atom is 0.287 e. The van der Waals surface area contributed by atoms with Crippen LogP contribution in [0.4, 0.5) is 0 Å². The third-order valence-corrected chi connectivity index (χ3v) is 3.11. The normalized spacial score (nSPS) is 10.3. The average Bonchev–Trinajstić information content (AvgIpc) is 2.89. The highest BCUT2D eigenvalue weighted by molar-refractivity contribution is 9.10. The number of aromatic nitrogens is 3. The number of ether oxygens (including phenoxy) is 1. The number of nitrogen functional groups attached to an aromatic ring is 1. The zero-order valence-corrected chi connectivity index (χ0v) is 12.4. The van der Waals surface area contributed by atoms with Crippen molar-refractivity contribution < 1.29 is 9.53 Å². The third-order valence-electron chi connectivity index (χ3n) is 2.62. The Hall–Kier alpha value is -1.93. The van der Waals surface area contributed by atoms with Crippen molar-refractivity contribution in [3.63, 3.8) is 0 Å². The van der Waals surface area contributed by atoms with Crippen molar-refractivity contribution in [3.8, 4) is 5.75 Å². The lowest BCUT2D eigenvalue weighted by atomic mass is 10.2. The molecule has 0 aliphatic carbocycles. The molecule has 106 valence electrons. The zero-order valence-electron chi connectivity index (χ0n) is 10.8. The number of nitrogens with two attached hydrogens (primary N) is 1. The Kier molecular flexibility index (Phi) is 4.70. The van der Waals surface area contributed by atoms with E-state index in [0.29, 0.717) is 13.2 Å². The summed E-state index contributed by atoms with van der Waals surface area (Å²) in [6.45, 7) is 2.88. The zero-order chi connectivity index (χ0) is 14.5. The third kappa shape index (κ3) is 3.55. The molecule has 0 spiro atoms. The molecule has 7 nitrogen and oxygen atoms in total. The van der Waals surface area contributed by atoms with Crippen molar-refractivity contribution >= 4 is 21.8 Å². The molecular formula is C12H14BrN5O2. The molecule has 0 aliphatic rings. The fourth-order valence-electron chi connectivity index (χ4n) is 1.61. The van der Waals surface area contributed by atoms with Crippen LogP contribution in [0.2, 0.25) is 0 Å². The number of hydrogen-bond acceptors (Lipinski definition) is 5. The second-order valence-corrected chi connectivity index (χ2v) is 5.01. The number of aryl methyl sites for hydroxylation is 1. The minimum absolute atomic E-state index is 0.173. The van der Waals surface area contributed by atoms with Gasteiger partial charge in [0.15, 0.2) is 5.69 Å². The highest BCUT2D eigenvalue weighted by atomic mass is 79.9. The first-order valence-electron chi connectivity index (χ1n) is 5.90. The number of hydrogen-bond donors (Lipinski definition) is 2. The number of carbonyl (C=O) groups is 1. The molecule has 3 N–H and O–H groups in total. The molecule has 2 aromatic rings. The number of hydrazine groups is 1. The maximum atomic E-state index is 11.2. The molecule has 0 radical (unpaired) electrons. The fourth-order valence-corrected chi connectivity index (χ4v) is 2.09. The molecule has 1 heterocycles. The lowest BCUT2D eigenvalue weighted by Crippen LogP contribution is -2.30. The van der Waals surface area contributed by atoms with Gasteiger partial charge in [-0.15, -0.1) is 5.10 Å². The molecule has 1 aromatic carbocycles. The van der Waals surface area contributed by atoms with Crippen LogP contribution >= 0.6 is 15.9 Å². The molecule has 8 heteroatoms. The largest absolute Gasteiger partial charge is 0.491 e. The van der Waals surface area contributed by atoms with Gasteiger partial charge in [-0.2, -0.15) is 0 Å². The first kappa shape index (κ1) is 14.5. The number of nitrogens with zero attached hydrogens (tertiary/aromatic N) is 3. The minimum atomic E-state index is -0.471. The lowest BCUT2D eigenvalue weighted by molar-refractivity contribution is 0.0948. The van der Waals surface area contributed by atoms with Crippen LogP contribution in [0.25, 0.3) is 0 Å². The van der Waals surface area contributed by atoms with E-state index in [2.05, 4.69) is 26.2 Å². The van der Waals surface area contributed by atoms with E-state index in [4.69, 9.17) is 10.6 Å². The van der Waals surface area contributed by atoms with Gasteiger partial charge in [-0.1, -0.05) is 21.1 Å². The van der Waals surface area contributed by atoms with Gasteiger partial charge in [0, 0.05) is 4.47 Å². The standard InChI is InChI=1S/C12H14BrN5O2/c1-8-6-9(13)2-3-11(8)20-5-4-18-7-10(16-17-18)12(19)15-14/h2-3,6-7H,4-5,14H2,1H3,(H,15,19). The molecule has 0 saturated carbocycles. The molecule has 0 atom stereocenters. The van der Waals surface area contributed by atoms with Gasteiger partial charge in [-0.05, 0) is 30.7 Å². The maximum absolute atomic E-state index is 11.2. The number of carbonyl (C=O) groups excluding carboxylic acids is 1. The second kappa shape index (κ2) is 6.49. The Balaban J connectivity index is 1.89. The number of benzene rings is 1. The first-order valence-corrected chi connectivity index (χ1v) is 6.69. The number of nitrogens with one attached hydrogen (secondary N) is 1. The summed E-state index contributed by atoms with van der Waals surface area (Å²) in [5, 5.41) is 7.52. The molecule has 0 unspecified atom stereocenters. The Labute approximate surface area is 124 Å². The van der Waals surface area contributed by atoms with Crippen molar-refractivity contribution in [1.29, 1.82) is 0 Å². The fraction of sp³-hybridized carbons (Fsp3) is 0.250. The first-order chi connectivity index (χ1) is 9.60. The van der Waals surface area contributed by atoms with Crippen LogP contribution < -0.4 is 16.0 Å². The SMILES string of the molecule is Cc1cc(Br)ccc1OCCn1cc(C(=O)NN)nn1. The summed E-state index contributed by atoms with van der Waals surface area (Å²) in [6, 6.07) is 5.80. The van der Waals surface area contributed by atoms with Gasteiger partial charge in [0.1, 0.15) is 12.4 Å². The van der Waals surface area contributed by atoms with Crippen molar-refractivity contribution in [2.75, 3.05) is 6.61 Å². The van der Waals surface area contributed by atoms with Crippen molar-refractivity contribution in [2.24, 2.45) is 5.84 Å². The lowest BCUT2D eigenvalue weighted by Gasteiger charge is -2.09. The molecule has 1 amide bonds. The highest BCUT2D eigenvalue weighted by Gasteiger charge is 2.08. The molecule has 1 aromatic heterocycles. The Bertz CT molecular complexity index is 614. The van der Waals surface area contributed by atoms with E-state index in [0.717, 1.165) is 15.8 Å². The summed E-state index contributed by atoms with van der Waals surface area (Å²) in [6.07, 6.45) is 1.51. The van der Waals surface area contributed by atoms with Crippen molar-refractivity contribution in [2.45, 2.75) is 13.5 Å². The predicted molar refractivity (Wildman–Crippen MR) is 76.0 cm³/mol. The van der Waals surface area contributed by atoms with Gasteiger partial charge in [0.2, 0.25) is 0 Å². The summed E-state index contributed by atoms with van der Waals surface area (Å²) >= 11 is 3.40. The minimum Gasteiger partial charge on any atom is -0.491 e. The smallest absolute Gasteiger partial charge is 0.287 e. The van der Waals surface area contributed by atoms with E-state index < -0.39 is 5.91 Å². The number of amides is 1. The summed E-state index contributed by atoms with van der Waals surface area (Å²) in [7, 11) is 0. The van der Waals surface area contributed by atoms with Crippen LogP contribution in [0.3, 0.4) is 0 Å². The second-order valence-electron chi connectivity index (χ2n) is 4.10. The van der Waals surface area contributed by atoms with E-state index in [9.17, 15) is 4.79 Å². The van der Waals surface area contributed by atoms with Crippen LogP contribution in [-0.2, 0) is 6.54 Å². The topological polar surface area (TPSA) is 95.1 Å². The van der Waals surface area contributed by atoms with Gasteiger partial charge >= 0.3 is 0 Å². The molecule has 0 saturated heterocycles. The molecule has 0 fully saturated rings. The van der Waals surface area contributed by atoms with Gasteiger partial charge in [0.25, 0.3) is 5.91 Å². The Morgan fingerprint density at radius 1 is 1.55 bits per heavy atom. The molecule has 0 bridgehead atoms. The number of rotatable bonds is 5. The highest BCUT2D eigenvalue weighted by Crippen LogP contribution is 2.21. The molecule has 2 rings (SSSR count). The van der Waals surface area contributed by atoms with Gasteiger partial charge in [-0.3, -0.25) is 10.2 Å². The van der Waals surface area contributed by atoms with E-state index in [1.807, 2.05) is 30.5 Å². The van der Waals surface area contributed by atoms with E-state index in [1.165, 1.54) is 10.9 Å². The van der Waals surface area contributed by atoms with Crippen molar-refractivity contribution in [1.82, 2.24) is 20.4 Å². The van der Waals surface area contributed by atoms with Crippen LogP contribution in [0, 0.1) is 6.92 Å². The summed E-state index contributed by atoms with van der Waals surface area (Å²) in [5.41, 5.74) is 3.22. The Morgan fingerprint density at radius 2 is 2.35 bits per heavy atom. The summed E-state index contributed by atoms with van der Waals surface area (Å²) < 4.78 is 8.19. The van der Waals surface area contributed by atoms with Gasteiger partial charge < -0.3 is 4.74 Å². The monoisotopic (exact) mass is 339 g/mol. The van der Waals surface area contributed by atoms with Crippen molar-refractivity contribution in [3.05, 3.63) is 40.1 Å². The summed E-state index contributed by atoms with van der Waals surface area (Å²) in [5.74, 6) is 5.35. The molecule has 0 aliphatic heterocycles. The number of halogens is 1. The molecule has 20 heavy (non-hydrogen) atoms. The van der Waals surface area contributed by atoms with Crippen LogP contribution in [0.1, 0.15) is 16.1 Å². The molecular weight excluding hydrogens is 326 g/mol. The van der Waals surface area contributed by atoms with E-state index >= 15 is 0 Å². The quantitative estimate of drug-likeness (QED) is 0.482. The van der Waals surface area contributed by atoms with Crippen LogP contribution in [-0.4, -0.2) is 27.5 Å². The summed E-state index contributed by atoms with van der Waals surface area (Å²) in [4.78, 5) is 11.2. The average molecular weight is 340 g/mol. The van der Waals surface area contributed by atoms with Gasteiger partial charge in [-0.25, -0.2) is 10.5 Å². The van der Waals surface area contributed by atoms with Crippen LogP contribution in [0.5, 0.6) is 5.75 Å². The van der Waals surface area contributed by atoms with E-state index in [1.54, 1.807) is 0 Å². The van der Waals surface area contributed by atoms with Gasteiger partial charge in [0.05, 0.1) is 12.7 Å².